The standard InChI is InChI=1S/C17H21N3O.2ClH/c1-11-9-10-15(13(3)19-11)20-17(21)12(2)16(18)14-7-5-4-6-8-14;;/h4-10,12,16H,18H2,1-3H3,(H,20,21);2*1H. The fraction of sp³-hybridized carbons (Fsp3) is 0.294. The predicted octanol–water partition coefficient (Wildman–Crippen LogP) is 3.82. The highest BCUT2D eigenvalue weighted by molar-refractivity contribution is 5.93. The van der Waals surface area contributed by atoms with Crippen molar-refractivity contribution >= 4 is 36.4 Å². The first kappa shape index (κ1) is 21.4. The fourth-order valence-corrected chi connectivity index (χ4v) is 2.19. The molecule has 3 N–H and O–H groups in total. The van der Waals surface area contributed by atoms with Crippen molar-refractivity contribution in [2.75, 3.05) is 5.32 Å². The number of carbonyl (C=O) groups is 1. The number of amides is 1. The number of halogens is 2. The molecule has 4 nitrogen and oxygen atoms in total. The molecule has 6 heteroatoms. The first-order valence-corrected chi connectivity index (χ1v) is 7.04. The zero-order valence-electron chi connectivity index (χ0n) is 13.4. The summed E-state index contributed by atoms with van der Waals surface area (Å²) >= 11 is 0. The smallest absolute Gasteiger partial charge is 0.229 e. The number of nitrogens with zero attached hydrogens (tertiary/aromatic N) is 1. The van der Waals surface area contributed by atoms with E-state index in [4.69, 9.17) is 5.73 Å². The number of anilines is 1. The van der Waals surface area contributed by atoms with Crippen LogP contribution < -0.4 is 11.1 Å². The van der Waals surface area contributed by atoms with Crippen LogP contribution in [0.1, 0.15) is 29.9 Å². The van der Waals surface area contributed by atoms with E-state index in [9.17, 15) is 4.79 Å². The van der Waals surface area contributed by atoms with Crippen molar-refractivity contribution in [3.63, 3.8) is 0 Å². The summed E-state index contributed by atoms with van der Waals surface area (Å²) in [6, 6.07) is 13.1. The molecule has 1 heterocycles. The van der Waals surface area contributed by atoms with Gasteiger partial charge in [-0.2, -0.15) is 0 Å². The van der Waals surface area contributed by atoms with Gasteiger partial charge in [0, 0.05) is 11.7 Å². The highest BCUT2D eigenvalue weighted by Gasteiger charge is 2.22. The molecule has 1 aromatic carbocycles. The molecule has 2 rings (SSSR count). The molecule has 1 amide bonds. The Bertz CT molecular complexity index is 635. The van der Waals surface area contributed by atoms with E-state index in [1.807, 2.05) is 63.2 Å². The van der Waals surface area contributed by atoms with Crippen LogP contribution in [0, 0.1) is 19.8 Å². The lowest BCUT2D eigenvalue weighted by atomic mass is 9.94. The number of hydrogen-bond acceptors (Lipinski definition) is 3. The van der Waals surface area contributed by atoms with Gasteiger partial charge in [-0.15, -0.1) is 24.8 Å². The summed E-state index contributed by atoms with van der Waals surface area (Å²) in [5, 5.41) is 2.91. The van der Waals surface area contributed by atoms with Crippen molar-refractivity contribution in [1.29, 1.82) is 0 Å². The molecule has 0 saturated heterocycles. The summed E-state index contributed by atoms with van der Waals surface area (Å²) < 4.78 is 0. The Morgan fingerprint density at radius 2 is 1.70 bits per heavy atom. The van der Waals surface area contributed by atoms with E-state index < -0.39 is 0 Å². The average molecular weight is 356 g/mol. The average Bonchev–Trinajstić information content (AvgIpc) is 2.49. The van der Waals surface area contributed by atoms with Gasteiger partial charge in [0.15, 0.2) is 0 Å². The number of nitrogens with two attached hydrogens (primary N) is 1. The number of aryl methyl sites for hydroxylation is 2. The first-order chi connectivity index (χ1) is 9.99. The van der Waals surface area contributed by atoms with Crippen molar-refractivity contribution in [2.45, 2.75) is 26.8 Å². The molecule has 2 aromatic rings. The zero-order chi connectivity index (χ0) is 15.4. The second kappa shape index (κ2) is 9.50. The molecule has 126 valence electrons. The number of benzene rings is 1. The van der Waals surface area contributed by atoms with E-state index in [2.05, 4.69) is 10.3 Å². The Balaban J connectivity index is 0.00000242. The van der Waals surface area contributed by atoms with Gasteiger partial charge in [-0.05, 0) is 31.5 Å². The molecule has 2 unspecified atom stereocenters. The molecule has 0 aliphatic rings. The van der Waals surface area contributed by atoms with Crippen LogP contribution in [0.5, 0.6) is 0 Å². The van der Waals surface area contributed by atoms with Crippen LogP contribution in [0.15, 0.2) is 42.5 Å². The van der Waals surface area contributed by atoms with Gasteiger partial charge >= 0.3 is 0 Å². The Morgan fingerprint density at radius 3 is 2.26 bits per heavy atom. The molecule has 0 aliphatic carbocycles. The molecule has 23 heavy (non-hydrogen) atoms. The van der Waals surface area contributed by atoms with Crippen LogP contribution in [-0.4, -0.2) is 10.9 Å². The van der Waals surface area contributed by atoms with E-state index >= 15 is 0 Å². The maximum absolute atomic E-state index is 12.3. The fourth-order valence-electron chi connectivity index (χ4n) is 2.19. The minimum Gasteiger partial charge on any atom is -0.324 e. The van der Waals surface area contributed by atoms with Crippen molar-refractivity contribution < 1.29 is 4.79 Å². The molecule has 0 radical (unpaired) electrons. The molecule has 0 aliphatic heterocycles. The molecule has 0 spiro atoms. The third kappa shape index (κ3) is 5.50. The molecule has 0 bridgehead atoms. The lowest BCUT2D eigenvalue weighted by molar-refractivity contribution is -0.120. The first-order valence-electron chi connectivity index (χ1n) is 7.04. The van der Waals surface area contributed by atoms with Crippen LogP contribution in [0.3, 0.4) is 0 Å². The summed E-state index contributed by atoms with van der Waals surface area (Å²) in [6.45, 7) is 5.64. The van der Waals surface area contributed by atoms with Gasteiger partial charge in [-0.3, -0.25) is 9.78 Å². The quantitative estimate of drug-likeness (QED) is 0.875. The zero-order valence-corrected chi connectivity index (χ0v) is 15.1. The lowest BCUT2D eigenvalue weighted by Gasteiger charge is -2.20. The minimum absolute atomic E-state index is 0. The Morgan fingerprint density at radius 1 is 1.09 bits per heavy atom. The largest absolute Gasteiger partial charge is 0.324 e. The summed E-state index contributed by atoms with van der Waals surface area (Å²) in [4.78, 5) is 16.7. The molecule has 0 saturated carbocycles. The number of carbonyl (C=O) groups excluding carboxylic acids is 1. The lowest BCUT2D eigenvalue weighted by Crippen LogP contribution is -2.30. The third-order valence-electron chi connectivity index (χ3n) is 3.62. The predicted molar refractivity (Wildman–Crippen MR) is 99.4 cm³/mol. The third-order valence-corrected chi connectivity index (χ3v) is 3.62. The highest BCUT2D eigenvalue weighted by atomic mass is 35.5. The summed E-state index contributed by atoms with van der Waals surface area (Å²) in [7, 11) is 0. The van der Waals surface area contributed by atoms with Crippen molar-refractivity contribution in [2.24, 2.45) is 11.7 Å². The normalized spacial score (nSPS) is 12.3. The number of pyridine rings is 1. The Kier molecular flexibility index (Phi) is 8.83. The topological polar surface area (TPSA) is 68.0 Å². The van der Waals surface area contributed by atoms with E-state index in [-0.39, 0.29) is 42.7 Å². The van der Waals surface area contributed by atoms with Crippen LogP contribution in [-0.2, 0) is 4.79 Å². The van der Waals surface area contributed by atoms with E-state index in [1.165, 1.54) is 0 Å². The second-order valence-corrected chi connectivity index (χ2v) is 5.30. The molecular formula is C17H23Cl2N3O. The van der Waals surface area contributed by atoms with E-state index in [0.29, 0.717) is 0 Å². The van der Waals surface area contributed by atoms with Gasteiger partial charge in [0.25, 0.3) is 0 Å². The van der Waals surface area contributed by atoms with Gasteiger partial charge < -0.3 is 11.1 Å². The van der Waals surface area contributed by atoms with Crippen molar-refractivity contribution in [3.8, 4) is 0 Å². The molecule has 1 aromatic heterocycles. The Hall–Kier alpha value is -1.62. The maximum Gasteiger partial charge on any atom is 0.229 e. The van der Waals surface area contributed by atoms with E-state index in [0.717, 1.165) is 22.6 Å². The van der Waals surface area contributed by atoms with Crippen LogP contribution >= 0.6 is 24.8 Å². The van der Waals surface area contributed by atoms with Gasteiger partial charge in [-0.25, -0.2) is 0 Å². The summed E-state index contributed by atoms with van der Waals surface area (Å²) in [6.07, 6.45) is 0. The Labute approximate surface area is 149 Å². The van der Waals surface area contributed by atoms with Gasteiger partial charge in [-0.1, -0.05) is 37.3 Å². The minimum atomic E-state index is -0.329. The van der Waals surface area contributed by atoms with E-state index in [1.54, 1.807) is 0 Å². The van der Waals surface area contributed by atoms with Crippen LogP contribution in [0.4, 0.5) is 5.69 Å². The number of nitrogens with one attached hydrogen (secondary N) is 1. The SMILES string of the molecule is Cc1ccc(NC(=O)C(C)C(N)c2ccccc2)c(C)n1.Cl.Cl. The second-order valence-electron chi connectivity index (χ2n) is 5.30. The number of hydrogen-bond donors (Lipinski definition) is 2. The summed E-state index contributed by atoms with van der Waals surface area (Å²) in [5.41, 5.74) is 9.61. The maximum atomic E-state index is 12.3. The highest BCUT2D eigenvalue weighted by Crippen LogP contribution is 2.21. The van der Waals surface area contributed by atoms with Crippen LogP contribution in [0.2, 0.25) is 0 Å². The molecular weight excluding hydrogens is 333 g/mol. The van der Waals surface area contributed by atoms with Crippen molar-refractivity contribution in [3.05, 3.63) is 59.4 Å². The van der Waals surface area contributed by atoms with Gasteiger partial charge in [0.1, 0.15) is 0 Å². The summed E-state index contributed by atoms with van der Waals surface area (Å²) in [5.74, 6) is -0.423. The van der Waals surface area contributed by atoms with Gasteiger partial charge in [0.2, 0.25) is 5.91 Å². The van der Waals surface area contributed by atoms with Gasteiger partial charge in [0.05, 0.1) is 17.3 Å². The molecule has 0 fully saturated rings. The van der Waals surface area contributed by atoms with Crippen molar-refractivity contribution in [1.82, 2.24) is 4.98 Å². The number of aromatic nitrogens is 1. The monoisotopic (exact) mass is 355 g/mol. The number of rotatable bonds is 4. The van der Waals surface area contributed by atoms with Crippen LogP contribution in [0.25, 0.3) is 0 Å². The molecule has 2 atom stereocenters.